The molecule has 0 unspecified atom stereocenters. The Balaban J connectivity index is 1.68. The molecule has 2 rings (SSSR count). The maximum absolute atomic E-state index is 12.2. The number of amides is 2. The second kappa shape index (κ2) is 8.17. The number of hydrogen-bond donors (Lipinski definition) is 1. The second-order valence-corrected chi connectivity index (χ2v) is 6.58. The molecule has 0 aliphatic carbocycles. The first-order valence-electron chi connectivity index (χ1n) is 7.78. The molecule has 0 bridgehead atoms. The SMILES string of the molecule is CCCC(=O)NC1CCN(C(=O)CCc2cccs2)CC1. The molecule has 1 aromatic heterocycles. The summed E-state index contributed by atoms with van der Waals surface area (Å²) in [7, 11) is 0. The van der Waals surface area contributed by atoms with E-state index in [4.69, 9.17) is 0 Å². The van der Waals surface area contributed by atoms with E-state index >= 15 is 0 Å². The first-order chi connectivity index (χ1) is 10.2. The van der Waals surface area contributed by atoms with E-state index in [0.717, 1.165) is 38.8 Å². The predicted molar refractivity (Wildman–Crippen MR) is 85.3 cm³/mol. The summed E-state index contributed by atoms with van der Waals surface area (Å²) >= 11 is 1.71. The summed E-state index contributed by atoms with van der Waals surface area (Å²) in [6, 6.07) is 4.34. The van der Waals surface area contributed by atoms with Gasteiger partial charge in [-0.05, 0) is 37.1 Å². The largest absolute Gasteiger partial charge is 0.353 e. The Bertz CT molecular complexity index is 451. The van der Waals surface area contributed by atoms with Crippen LogP contribution in [0.1, 0.15) is 43.9 Å². The maximum Gasteiger partial charge on any atom is 0.222 e. The van der Waals surface area contributed by atoms with Crippen molar-refractivity contribution >= 4 is 23.2 Å². The van der Waals surface area contributed by atoms with Crippen molar-refractivity contribution in [3.05, 3.63) is 22.4 Å². The average molecular weight is 308 g/mol. The van der Waals surface area contributed by atoms with Gasteiger partial charge in [0, 0.05) is 36.9 Å². The van der Waals surface area contributed by atoms with Crippen LogP contribution in [0.25, 0.3) is 0 Å². The van der Waals surface area contributed by atoms with Crippen LogP contribution in [-0.2, 0) is 16.0 Å². The number of aryl methyl sites for hydroxylation is 1. The van der Waals surface area contributed by atoms with Crippen molar-refractivity contribution in [2.24, 2.45) is 0 Å². The minimum absolute atomic E-state index is 0.139. The van der Waals surface area contributed by atoms with E-state index in [2.05, 4.69) is 11.4 Å². The quantitative estimate of drug-likeness (QED) is 0.878. The number of carbonyl (C=O) groups excluding carboxylic acids is 2. The third-order valence-electron chi connectivity index (χ3n) is 3.86. The lowest BCUT2D eigenvalue weighted by Crippen LogP contribution is -2.46. The fraction of sp³-hybridized carbons (Fsp3) is 0.625. The molecular weight excluding hydrogens is 284 g/mol. The summed E-state index contributed by atoms with van der Waals surface area (Å²) in [5.74, 6) is 0.377. The van der Waals surface area contributed by atoms with Crippen molar-refractivity contribution in [3.8, 4) is 0 Å². The van der Waals surface area contributed by atoms with Crippen molar-refractivity contribution in [2.75, 3.05) is 13.1 Å². The van der Waals surface area contributed by atoms with Gasteiger partial charge in [-0.15, -0.1) is 11.3 Å². The smallest absolute Gasteiger partial charge is 0.222 e. The summed E-state index contributed by atoms with van der Waals surface area (Å²) in [6.07, 6.45) is 4.66. The standard InChI is InChI=1S/C16H24N2O2S/c1-2-4-15(19)17-13-8-10-18(11-9-13)16(20)7-6-14-5-3-12-21-14/h3,5,12-13H,2,4,6-11H2,1H3,(H,17,19). The number of thiophene rings is 1. The molecule has 1 aliphatic rings. The van der Waals surface area contributed by atoms with Gasteiger partial charge in [0.1, 0.15) is 0 Å². The van der Waals surface area contributed by atoms with Crippen LogP contribution in [0, 0.1) is 0 Å². The molecule has 0 aromatic carbocycles. The van der Waals surface area contributed by atoms with Crippen molar-refractivity contribution in [3.63, 3.8) is 0 Å². The Kier molecular flexibility index (Phi) is 6.23. The molecule has 116 valence electrons. The molecule has 1 aromatic rings. The van der Waals surface area contributed by atoms with Gasteiger partial charge >= 0.3 is 0 Å². The lowest BCUT2D eigenvalue weighted by Gasteiger charge is -2.32. The van der Waals surface area contributed by atoms with E-state index in [1.807, 2.05) is 23.3 Å². The zero-order valence-electron chi connectivity index (χ0n) is 12.6. The van der Waals surface area contributed by atoms with Crippen LogP contribution in [-0.4, -0.2) is 35.8 Å². The van der Waals surface area contributed by atoms with E-state index in [1.165, 1.54) is 4.88 Å². The number of nitrogens with zero attached hydrogens (tertiary/aromatic N) is 1. The predicted octanol–water partition coefficient (Wildman–Crippen LogP) is 2.59. The zero-order valence-corrected chi connectivity index (χ0v) is 13.5. The number of nitrogens with one attached hydrogen (secondary N) is 1. The van der Waals surface area contributed by atoms with Crippen LogP contribution >= 0.6 is 11.3 Å². The van der Waals surface area contributed by atoms with E-state index in [-0.39, 0.29) is 17.9 Å². The average Bonchev–Trinajstić information content (AvgIpc) is 2.99. The minimum atomic E-state index is 0.139. The molecule has 1 saturated heterocycles. The first kappa shape index (κ1) is 16.0. The molecule has 1 N–H and O–H groups in total. The normalized spacial score (nSPS) is 16.0. The summed E-state index contributed by atoms with van der Waals surface area (Å²) in [5, 5.41) is 5.10. The Morgan fingerprint density at radius 2 is 2.10 bits per heavy atom. The molecule has 4 nitrogen and oxygen atoms in total. The van der Waals surface area contributed by atoms with Gasteiger partial charge in [0.2, 0.25) is 11.8 Å². The van der Waals surface area contributed by atoms with Crippen LogP contribution in [0.3, 0.4) is 0 Å². The Morgan fingerprint density at radius 3 is 2.71 bits per heavy atom. The third-order valence-corrected chi connectivity index (χ3v) is 4.79. The van der Waals surface area contributed by atoms with E-state index in [1.54, 1.807) is 11.3 Å². The fourth-order valence-electron chi connectivity index (χ4n) is 2.64. The van der Waals surface area contributed by atoms with Crippen LogP contribution in [0.5, 0.6) is 0 Å². The number of hydrogen-bond acceptors (Lipinski definition) is 3. The molecule has 2 heterocycles. The van der Waals surface area contributed by atoms with Crippen molar-refractivity contribution in [2.45, 2.75) is 51.5 Å². The third kappa shape index (κ3) is 5.16. The van der Waals surface area contributed by atoms with E-state index in [9.17, 15) is 9.59 Å². The number of rotatable bonds is 6. The highest BCUT2D eigenvalue weighted by molar-refractivity contribution is 7.09. The molecule has 1 aliphatic heterocycles. The van der Waals surface area contributed by atoms with Crippen LogP contribution in [0.4, 0.5) is 0 Å². The van der Waals surface area contributed by atoms with Crippen molar-refractivity contribution < 1.29 is 9.59 Å². The maximum atomic E-state index is 12.2. The molecule has 0 radical (unpaired) electrons. The highest BCUT2D eigenvalue weighted by Gasteiger charge is 2.23. The van der Waals surface area contributed by atoms with Gasteiger partial charge in [0.05, 0.1) is 0 Å². The van der Waals surface area contributed by atoms with Gasteiger partial charge in [0.25, 0.3) is 0 Å². The highest BCUT2D eigenvalue weighted by atomic mass is 32.1. The lowest BCUT2D eigenvalue weighted by atomic mass is 10.0. The molecule has 1 fully saturated rings. The summed E-state index contributed by atoms with van der Waals surface area (Å²) < 4.78 is 0. The highest BCUT2D eigenvalue weighted by Crippen LogP contribution is 2.15. The van der Waals surface area contributed by atoms with Crippen molar-refractivity contribution in [1.29, 1.82) is 0 Å². The monoisotopic (exact) mass is 308 g/mol. The molecule has 0 spiro atoms. The number of likely N-dealkylation sites (tertiary alicyclic amines) is 1. The molecule has 0 atom stereocenters. The molecule has 5 heteroatoms. The fourth-order valence-corrected chi connectivity index (χ4v) is 3.35. The van der Waals surface area contributed by atoms with Gasteiger partial charge in [-0.2, -0.15) is 0 Å². The summed E-state index contributed by atoms with van der Waals surface area (Å²) in [5.41, 5.74) is 0. The molecule has 0 saturated carbocycles. The number of piperidine rings is 1. The van der Waals surface area contributed by atoms with E-state index in [0.29, 0.717) is 12.8 Å². The Labute approximate surface area is 130 Å². The van der Waals surface area contributed by atoms with Gasteiger partial charge in [-0.1, -0.05) is 13.0 Å². The van der Waals surface area contributed by atoms with Crippen LogP contribution < -0.4 is 5.32 Å². The van der Waals surface area contributed by atoms with Crippen LogP contribution in [0.2, 0.25) is 0 Å². The van der Waals surface area contributed by atoms with Gasteiger partial charge in [0.15, 0.2) is 0 Å². The zero-order chi connectivity index (χ0) is 15.1. The summed E-state index contributed by atoms with van der Waals surface area (Å²) in [6.45, 7) is 3.54. The molecule has 2 amide bonds. The molecular formula is C16H24N2O2S. The first-order valence-corrected chi connectivity index (χ1v) is 8.66. The Hall–Kier alpha value is -1.36. The van der Waals surface area contributed by atoms with Gasteiger partial charge in [-0.3, -0.25) is 9.59 Å². The second-order valence-electron chi connectivity index (χ2n) is 5.55. The minimum Gasteiger partial charge on any atom is -0.353 e. The Morgan fingerprint density at radius 1 is 1.33 bits per heavy atom. The van der Waals surface area contributed by atoms with Gasteiger partial charge in [-0.25, -0.2) is 0 Å². The topological polar surface area (TPSA) is 49.4 Å². The van der Waals surface area contributed by atoms with Gasteiger partial charge < -0.3 is 10.2 Å². The lowest BCUT2D eigenvalue weighted by molar-refractivity contribution is -0.132. The van der Waals surface area contributed by atoms with Crippen molar-refractivity contribution in [1.82, 2.24) is 10.2 Å². The summed E-state index contributed by atoms with van der Waals surface area (Å²) in [4.78, 5) is 26.9. The molecule has 21 heavy (non-hydrogen) atoms. The van der Waals surface area contributed by atoms with Crippen LogP contribution in [0.15, 0.2) is 17.5 Å². The number of carbonyl (C=O) groups is 2. The van der Waals surface area contributed by atoms with E-state index < -0.39 is 0 Å².